The number of oxime groups is 1. The zero-order chi connectivity index (χ0) is 14.5. The third-order valence-electron chi connectivity index (χ3n) is 2.73. The smallest absolute Gasteiger partial charge is 0.190 e. The number of nitrogens with two attached hydrogens (primary N) is 1. The summed E-state index contributed by atoms with van der Waals surface area (Å²) in [6.45, 7) is 0.675. The van der Waals surface area contributed by atoms with E-state index in [2.05, 4.69) is 15.1 Å². The number of anilines is 1. The van der Waals surface area contributed by atoms with E-state index in [-0.39, 0.29) is 5.84 Å². The Hall–Kier alpha value is -2.34. The molecule has 0 aliphatic heterocycles. The van der Waals surface area contributed by atoms with Gasteiger partial charge in [-0.1, -0.05) is 28.9 Å². The van der Waals surface area contributed by atoms with Gasteiger partial charge in [0.15, 0.2) is 5.84 Å². The van der Waals surface area contributed by atoms with Crippen LogP contribution in [-0.2, 0) is 6.54 Å². The Morgan fingerprint density at radius 3 is 2.55 bits per heavy atom. The Kier molecular flexibility index (Phi) is 4.37. The fourth-order valence-corrected chi connectivity index (χ4v) is 1.77. The summed E-state index contributed by atoms with van der Waals surface area (Å²) in [6.07, 6.45) is 3.03. The fraction of sp³-hybridized carbons (Fsp3) is 0.154. The molecule has 0 aliphatic carbocycles. The molecule has 3 N–H and O–H groups in total. The van der Waals surface area contributed by atoms with E-state index in [1.165, 1.54) is 6.20 Å². The maximum atomic E-state index is 8.56. The van der Waals surface area contributed by atoms with Crippen LogP contribution in [0.3, 0.4) is 0 Å². The number of benzene rings is 1. The molecule has 20 heavy (non-hydrogen) atoms. The van der Waals surface area contributed by atoms with E-state index in [1.54, 1.807) is 6.20 Å². The molecule has 0 atom stereocenters. The molecule has 0 saturated carbocycles. The number of nitrogens with zero attached hydrogens (tertiary/aromatic N) is 4. The van der Waals surface area contributed by atoms with Crippen LogP contribution in [0.1, 0.15) is 11.3 Å². The van der Waals surface area contributed by atoms with E-state index >= 15 is 0 Å². The van der Waals surface area contributed by atoms with Gasteiger partial charge in [0, 0.05) is 18.6 Å². The quantitative estimate of drug-likeness (QED) is 0.388. The molecule has 7 heteroatoms. The molecule has 0 amide bonds. The van der Waals surface area contributed by atoms with Crippen molar-refractivity contribution in [2.45, 2.75) is 6.54 Å². The molecule has 0 fully saturated rings. The molecule has 0 unspecified atom stereocenters. The van der Waals surface area contributed by atoms with Crippen molar-refractivity contribution in [2.75, 3.05) is 11.9 Å². The van der Waals surface area contributed by atoms with Crippen LogP contribution < -0.4 is 10.6 Å². The largest absolute Gasteiger partial charge is 0.409 e. The molecule has 2 rings (SSSR count). The second-order valence-electron chi connectivity index (χ2n) is 4.23. The van der Waals surface area contributed by atoms with Crippen molar-refractivity contribution in [1.29, 1.82) is 0 Å². The monoisotopic (exact) mass is 291 g/mol. The lowest BCUT2D eigenvalue weighted by Gasteiger charge is -2.17. The third-order valence-corrected chi connectivity index (χ3v) is 2.98. The minimum atomic E-state index is -0.0654. The molecule has 1 heterocycles. The second kappa shape index (κ2) is 6.21. The lowest BCUT2D eigenvalue weighted by Crippen LogP contribution is -2.20. The number of aromatic nitrogens is 2. The summed E-state index contributed by atoms with van der Waals surface area (Å²) < 4.78 is 0. The minimum absolute atomic E-state index is 0.0654. The molecule has 0 spiro atoms. The minimum Gasteiger partial charge on any atom is -0.409 e. The van der Waals surface area contributed by atoms with Crippen LogP contribution in [-0.4, -0.2) is 28.1 Å². The molecule has 2 aromatic rings. The fourth-order valence-electron chi connectivity index (χ4n) is 1.65. The summed E-state index contributed by atoms with van der Waals surface area (Å²) in [6, 6.07) is 7.60. The van der Waals surface area contributed by atoms with Crippen LogP contribution >= 0.6 is 11.6 Å². The summed E-state index contributed by atoms with van der Waals surface area (Å²) >= 11 is 5.85. The number of hydrogen-bond acceptors (Lipinski definition) is 5. The Bertz CT molecular complexity index is 597. The first-order valence-electron chi connectivity index (χ1n) is 5.85. The van der Waals surface area contributed by atoms with Gasteiger partial charge in [-0.05, 0) is 17.7 Å². The van der Waals surface area contributed by atoms with Gasteiger partial charge in [0.05, 0.1) is 12.4 Å². The Balaban J connectivity index is 2.09. The summed E-state index contributed by atoms with van der Waals surface area (Å²) in [4.78, 5) is 10.2. The second-order valence-corrected chi connectivity index (χ2v) is 4.66. The van der Waals surface area contributed by atoms with Gasteiger partial charge in [-0.3, -0.25) is 0 Å². The molecule has 0 aliphatic rings. The van der Waals surface area contributed by atoms with Crippen LogP contribution in [0.15, 0.2) is 41.8 Å². The van der Waals surface area contributed by atoms with Crippen molar-refractivity contribution < 1.29 is 5.21 Å². The third kappa shape index (κ3) is 3.36. The average molecular weight is 292 g/mol. The van der Waals surface area contributed by atoms with Gasteiger partial charge < -0.3 is 15.8 Å². The first kappa shape index (κ1) is 14.1. The first-order chi connectivity index (χ1) is 9.60. The average Bonchev–Trinajstić information content (AvgIpc) is 2.49. The Labute approximate surface area is 121 Å². The highest BCUT2D eigenvalue weighted by Gasteiger charge is 2.06. The summed E-state index contributed by atoms with van der Waals surface area (Å²) in [5.74, 6) is 0.624. The molecule has 0 bridgehead atoms. The van der Waals surface area contributed by atoms with Gasteiger partial charge in [0.1, 0.15) is 11.5 Å². The molecular weight excluding hydrogens is 278 g/mol. The van der Waals surface area contributed by atoms with Crippen molar-refractivity contribution in [1.82, 2.24) is 9.97 Å². The van der Waals surface area contributed by atoms with E-state index in [0.29, 0.717) is 23.1 Å². The van der Waals surface area contributed by atoms with Crippen molar-refractivity contribution >= 4 is 23.3 Å². The first-order valence-corrected chi connectivity index (χ1v) is 6.23. The number of rotatable bonds is 4. The van der Waals surface area contributed by atoms with E-state index in [4.69, 9.17) is 22.5 Å². The van der Waals surface area contributed by atoms with E-state index < -0.39 is 0 Å². The number of hydrogen-bond donors (Lipinski definition) is 2. The highest BCUT2D eigenvalue weighted by atomic mass is 35.5. The Morgan fingerprint density at radius 1 is 1.30 bits per heavy atom. The topological polar surface area (TPSA) is 87.6 Å². The SMILES string of the molecule is CN(Cc1ccc(Cl)cc1)c1cnc(C(N)=NO)cn1. The number of halogens is 1. The molecule has 0 radical (unpaired) electrons. The normalized spacial score (nSPS) is 11.4. The van der Waals surface area contributed by atoms with E-state index in [0.717, 1.165) is 5.56 Å². The maximum absolute atomic E-state index is 8.56. The summed E-state index contributed by atoms with van der Waals surface area (Å²) in [5, 5.41) is 12.1. The van der Waals surface area contributed by atoms with Crippen molar-refractivity contribution in [3.05, 3.63) is 52.9 Å². The van der Waals surface area contributed by atoms with Gasteiger partial charge in [0.25, 0.3) is 0 Å². The van der Waals surface area contributed by atoms with Crippen molar-refractivity contribution in [3.8, 4) is 0 Å². The van der Waals surface area contributed by atoms with Gasteiger partial charge in [-0.25, -0.2) is 9.97 Å². The lowest BCUT2D eigenvalue weighted by molar-refractivity contribution is 0.318. The molecule has 1 aromatic heterocycles. The highest BCUT2D eigenvalue weighted by molar-refractivity contribution is 6.30. The van der Waals surface area contributed by atoms with E-state index in [1.807, 2.05) is 36.2 Å². The van der Waals surface area contributed by atoms with Gasteiger partial charge in [0.2, 0.25) is 0 Å². The van der Waals surface area contributed by atoms with Crippen LogP contribution in [0.2, 0.25) is 5.02 Å². The van der Waals surface area contributed by atoms with Crippen LogP contribution in [0.25, 0.3) is 0 Å². The molecule has 0 saturated heterocycles. The molecular formula is C13H14ClN5O. The van der Waals surface area contributed by atoms with Gasteiger partial charge in [-0.2, -0.15) is 0 Å². The molecule has 104 valence electrons. The lowest BCUT2D eigenvalue weighted by atomic mass is 10.2. The highest BCUT2D eigenvalue weighted by Crippen LogP contribution is 2.14. The van der Waals surface area contributed by atoms with Crippen LogP contribution in [0.5, 0.6) is 0 Å². The maximum Gasteiger partial charge on any atom is 0.190 e. The predicted octanol–water partition coefficient (Wildman–Crippen LogP) is 1.86. The standard InChI is InChI=1S/C13H14ClN5O/c1-19(8-9-2-4-10(14)5-3-9)12-7-16-11(6-17-12)13(15)18-20/h2-7,20H,8H2,1H3,(H2,15,18). The van der Waals surface area contributed by atoms with E-state index in [9.17, 15) is 0 Å². The Morgan fingerprint density at radius 2 is 2.00 bits per heavy atom. The zero-order valence-electron chi connectivity index (χ0n) is 10.9. The van der Waals surface area contributed by atoms with Crippen LogP contribution in [0, 0.1) is 0 Å². The molecule has 1 aromatic carbocycles. The zero-order valence-corrected chi connectivity index (χ0v) is 11.6. The summed E-state index contributed by atoms with van der Waals surface area (Å²) in [7, 11) is 1.90. The molecule has 6 nitrogen and oxygen atoms in total. The van der Waals surface area contributed by atoms with Gasteiger partial charge >= 0.3 is 0 Å². The number of amidine groups is 1. The van der Waals surface area contributed by atoms with Crippen molar-refractivity contribution in [2.24, 2.45) is 10.9 Å². The van der Waals surface area contributed by atoms with Crippen molar-refractivity contribution in [3.63, 3.8) is 0 Å². The van der Waals surface area contributed by atoms with Crippen LogP contribution in [0.4, 0.5) is 5.82 Å². The van der Waals surface area contributed by atoms with Gasteiger partial charge in [-0.15, -0.1) is 0 Å². The predicted molar refractivity (Wildman–Crippen MR) is 78.1 cm³/mol. The summed E-state index contributed by atoms with van der Waals surface area (Å²) in [5.41, 5.74) is 6.87.